The van der Waals surface area contributed by atoms with Crippen LogP contribution in [0.4, 0.5) is 11.6 Å². The van der Waals surface area contributed by atoms with Gasteiger partial charge in [-0.15, -0.1) is 0 Å². The Kier molecular flexibility index (Phi) is 4.74. The van der Waals surface area contributed by atoms with E-state index in [9.17, 15) is 5.11 Å². The van der Waals surface area contributed by atoms with Crippen LogP contribution in [0.2, 0.25) is 0 Å². The highest BCUT2D eigenvalue weighted by atomic mass is 16.3. The quantitative estimate of drug-likeness (QED) is 0.855. The number of rotatable bonds is 5. The van der Waals surface area contributed by atoms with Gasteiger partial charge in [0, 0.05) is 32.1 Å². The summed E-state index contributed by atoms with van der Waals surface area (Å²) in [6, 6.07) is 0. The van der Waals surface area contributed by atoms with Crippen LogP contribution < -0.4 is 10.2 Å². The Morgan fingerprint density at radius 2 is 1.89 bits per heavy atom. The van der Waals surface area contributed by atoms with Crippen LogP contribution in [0.1, 0.15) is 45.0 Å². The second-order valence-corrected chi connectivity index (χ2v) is 5.95. The molecule has 0 saturated carbocycles. The Morgan fingerprint density at radius 3 is 2.32 bits per heavy atom. The molecule has 0 bridgehead atoms. The number of aliphatic hydroxyl groups is 1. The van der Waals surface area contributed by atoms with Gasteiger partial charge in [-0.1, -0.05) is 13.8 Å². The van der Waals surface area contributed by atoms with Crippen molar-refractivity contribution in [3.8, 4) is 0 Å². The van der Waals surface area contributed by atoms with Crippen LogP contribution in [0, 0.1) is 6.92 Å². The molecule has 19 heavy (non-hydrogen) atoms. The van der Waals surface area contributed by atoms with Crippen LogP contribution in [0.25, 0.3) is 0 Å². The maximum absolute atomic E-state index is 9.94. The minimum absolute atomic E-state index is 0.266. The van der Waals surface area contributed by atoms with Gasteiger partial charge < -0.3 is 15.3 Å². The summed E-state index contributed by atoms with van der Waals surface area (Å²) < 4.78 is 0. The summed E-state index contributed by atoms with van der Waals surface area (Å²) >= 11 is 0. The molecule has 1 heterocycles. The maximum Gasteiger partial charge on any atom is 0.137 e. The molecule has 1 rings (SSSR count). The van der Waals surface area contributed by atoms with Crippen molar-refractivity contribution in [2.24, 2.45) is 0 Å². The minimum atomic E-state index is -0.760. The molecule has 0 saturated heterocycles. The van der Waals surface area contributed by atoms with Crippen LogP contribution in [-0.4, -0.2) is 41.3 Å². The van der Waals surface area contributed by atoms with E-state index in [2.05, 4.69) is 29.1 Å². The molecule has 1 aromatic rings. The standard InChI is InChI=1S/C14H26N4O/c1-9(2)11-16-12(15-6)10(3)13(17-11)18(7)8-14(4,5)19/h9,19H,8H2,1-7H3,(H,15,16,17). The Morgan fingerprint density at radius 1 is 1.32 bits per heavy atom. The third-order valence-corrected chi connectivity index (χ3v) is 2.88. The van der Waals surface area contributed by atoms with E-state index in [1.54, 1.807) is 13.8 Å². The van der Waals surface area contributed by atoms with Gasteiger partial charge in [0.1, 0.15) is 17.5 Å². The van der Waals surface area contributed by atoms with Crippen molar-refractivity contribution in [2.45, 2.75) is 46.1 Å². The molecule has 5 heteroatoms. The summed E-state index contributed by atoms with van der Waals surface area (Å²) in [6.07, 6.45) is 0. The molecule has 0 aliphatic heterocycles. The summed E-state index contributed by atoms with van der Waals surface area (Å²) in [5.41, 5.74) is 0.239. The number of nitrogens with zero attached hydrogens (tertiary/aromatic N) is 3. The Hall–Kier alpha value is -1.36. The van der Waals surface area contributed by atoms with E-state index >= 15 is 0 Å². The minimum Gasteiger partial charge on any atom is -0.389 e. The van der Waals surface area contributed by atoms with Crippen molar-refractivity contribution in [3.05, 3.63) is 11.4 Å². The van der Waals surface area contributed by atoms with Crippen molar-refractivity contribution in [3.63, 3.8) is 0 Å². The van der Waals surface area contributed by atoms with Crippen LogP contribution in [0.15, 0.2) is 0 Å². The van der Waals surface area contributed by atoms with Crippen molar-refractivity contribution >= 4 is 11.6 Å². The highest BCUT2D eigenvalue weighted by Gasteiger charge is 2.20. The predicted molar refractivity (Wildman–Crippen MR) is 80.0 cm³/mol. The Labute approximate surface area is 116 Å². The summed E-state index contributed by atoms with van der Waals surface area (Å²) in [5, 5.41) is 13.1. The van der Waals surface area contributed by atoms with E-state index in [0.717, 1.165) is 23.0 Å². The summed E-state index contributed by atoms with van der Waals surface area (Å²) in [7, 11) is 3.80. The first-order chi connectivity index (χ1) is 8.65. The molecule has 0 aromatic carbocycles. The van der Waals surface area contributed by atoms with Crippen molar-refractivity contribution in [1.82, 2.24) is 9.97 Å². The van der Waals surface area contributed by atoms with E-state index in [4.69, 9.17) is 0 Å². The monoisotopic (exact) mass is 266 g/mol. The van der Waals surface area contributed by atoms with Gasteiger partial charge in [0.15, 0.2) is 0 Å². The van der Waals surface area contributed by atoms with Gasteiger partial charge in [-0.3, -0.25) is 0 Å². The molecule has 0 radical (unpaired) electrons. The molecular formula is C14H26N4O. The predicted octanol–water partition coefficient (Wildman–Crippen LogP) is 2.16. The molecule has 0 atom stereocenters. The number of aromatic nitrogens is 2. The van der Waals surface area contributed by atoms with Crippen LogP contribution in [0.3, 0.4) is 0 Å². The van der Waals surface area contributed by atoms with E-state index in [1.807, 2.05) is 25.9 Å². The third kappa shape index (κ3) is 4.06. The normalized spacial score (nSPS) is 11.8. The lowest BCUT2D eigenvalue weighted by Crippen LogP contribution is -2.37. The topological polar surface area (TPSA) is 61.3 Å². The molecule has 0 unspecified atom stereocenters. The second kappa shape index (κ2) is 5.74. The van der Waals surface area contributed by atoms with Crippen LogP contribution >= 0.6 is 0 Å². The molecule has 0 spiro atoms. The van der Waals surface area contributed by atoms with Crippen LogP contribution in [0.5, 0.6) is 0 Å². The molecule has 108 valence electrons. The lowest BCUT2D eigenvalue weighted by molar-refractivity contribution is 0.0884. The molecule has 0 amide bonds. The van der Waals surface area contributed by atoms with Gasteiger partial charge >= 0.3 is 0 Å². The van der Waals surface area contributed by atoms with Crippen molar-refractivity contribution in [2.75, 3.05) is 30.9 Å². The van der Waals surface area contributed by atoms with E-state index < -0.39 is 5.60 Å². The lowest BCUT2D eigenvalue weighted by Gasteiger charge is -2.28. The van der Waals surface area contributed by atoms with Gasteiger partial charge in [0.2, 0.25) is 0 Å². The van der Waals surface area contributed by atoms with Crippen molar-refractivity contribution in [1.29, 1.82) is 0 Å². The Balaban J connectivity index is 3.21. The smallest absolute Gasteiger partial charge is 0.137 e. The van der Waals surface area contributed by atoms with Gasteiger partial charge in [0.05, 0.1) is 5.60 Å². The molecule has 0 fully saturated rings. The Bertz CT molecular complexity index is 438. The molecule has 1 aromatic heterocycles. The number of anilines is 2. The molecule has 0 aliphatic carbocycles. The summed E-state index contributed by atoms with van der Waals surface area (Å²) in [5.74, 6) is 2.79. The van der Waals surface area contributed by atoms with Crippen LogP contribution in [-0.2, 0) is 0 Å². The SMILES string of the molecule is CNc1nc(C(C)C)nc(N(C)CC(C)(C)O)c1C. The zero-order chi connectivity index (χ0) is 14.8. The average Bonchev–Trinajstić information content (AvgIpc) is 2.26. The van der Waals surface area contributed by atoms with Gasteiger partial charge in [-0.2, -0.15) is 0 Å². The average molecular weight is 266 g/mol. The number of likely N-dealkylation sites (N-methyl/N-ethyl adjacent to an activating group) is 1. The van der Waals surface area contributed by atoms with E-state index in [-0.39, 0.29) is 5.92 Å². The molecular weight excluding hydrogens is 240 g/mol. The maximum atomic E-state index is 9.94. The van der Waals surface area contributed by atoms with Crippen molar-refractivity contribution < 1.29 is 5.11 Å². The number of nitrogens with one attached hydrogen (secondary N) is 1. The first-order valence-electron chi connectivity index (χ1n) is 6.65. The van der Waals surface area contributed by atoms with Gasteiger partial charge in [0.25, 0.3) is 0 Å². The summed E-state index contributed by atoms with van der Waals surface area (Å²) in [4.78, 5) is 11.1. The molecule has 2 N–H and O–H groups in total. The lowest BCUT2D eigenvalue weighted by atomic mass is 10.1. The third-order valence-electron chi connectivity index (χ3n) is 2.88. The fraction of sp³-hybridized carbons (Fsp3) is 0.714. The molecule has 0 aliphatic rings. The highest BCUT2D eigenvalue weighted by Crippen LogP contribution is 2.25. The molecule has 5 nitrogen and oxygen atoms in total. The largest absolute Gasteiger partial charge is 0.389 e. The van der Waals surface area contributed by atoms with Gasteiger partial charge in [-0.25, -0.2) is 9.97 Å². The van der Waals surface area contributed by atoms with E-state index in [0.29, 0.717) is 6.54 Å². The summed E-state index contributed by atoms with van der Waals surface area (Å²) in [6.45, 7) is 10.2. The van der Waals surface area contributed by atoms with E-state index in [1.165, 1.54) is 0 Å². The highest BCUT2D eigenvalue weighted by molar-refractivity contribution is 5.58. The fourth-order valence-electron chi connectivity index (χ4n) is 2.05. The zero-order valence-electron chi connectivity index (χ0n) is 13.1. The number of hydrogen-bond donors (Lipinski definition) is 2. The fourth-order valence-corrected chi connectivity index (χ4v) is 2.05. The first kappa shape index (κ1) is 15.7. The zero-order valence-corrected chi connectivity index (χ0v) is 13.1. The first-order valence-corrected chi connectivity index (χ1v) is 6.65. The number of hydrogen-bond acceptors (Lipinski definition) is 5. The van der Waals surface area contributed by atoms with Gasteiger partial charge in [-0.05, 0) is 20.8 Å². The second-order valence-electron chi connectivity index (χ2n) is 5.95.